The Morgan fingerprint density at radius 2 is 1.62 bits per heavy atom. The molecule has 0 spiro atoms. The van der Waals surface area contributed by atoms with Crippen molar-refractivity contribution in [2.24, 2.45) is 0 Å². The van der Waals surface area contributed by atoms with Crippen molar-refractivity contribution in [3.05, 3.63) is 35.1 Å². The summed E-state index contributed by atoms with van der Waals surface area (Å²) >= 11 is 0. The maximum Gasteiger partial charge on any atom is 0.164 e. The minimum Gasteiger partial charge on any atom is -0.294 e. The predicted molar refractivity (Wildman–Crippen MR) is 44.3 cm³/mol. The number of halogens is 1. The van der Waals surface area contributed by atoms with E-state index in [1.165, 1.54) is 12.1 Å². The summed E-state index contributed by atoms with van der Waals surface area (Å²) in [6, 6.07) is 3.72. The molecular weight excluding hydrogens is 171 g/mol. The average Bonchev–Trinajstić information content (AvgIpc) is 2.12. The van der Waals surface area contributed by atoms with E-state index in [0.29, 0.717) is 5.56 Å². The Bertz CT molecular complexity index is 396. The molecule has 0 bridgehead atoms. The number of benzene rings is 1. The van der Waals surface area contributed by atoms with Gasteiger partial charge in [0, 0.05) is 24.0 Å². The van der Waals surface area contributed by atoms with Crippen molar-refractivity contribution in [2.75, 3.05) is 0 Å². The van der Waals surface area contributed by atoms with Gasteiger partial charge >= 0.3 is 0 Å². The van der Waals surface area contributed by atoms with Crippen LogP contribution in [0.3, 0.4) is 0 Å². The van der Waals surface area contributed by atoms with Crippen LogP contribution < -0.4 is 0 Å². The van der Waals surface area contributed by atoms with Gasteiger partial charge in [-0.1, -0.05) is 0 Å². The minimum absolute atomic E-state index is 0.0744. The first-order valence-corrected chi connectivity index (χ1v) is 4.04. The maximum atomic E-state index is 12.7. The number of hydrogen-bond donors (Lipinski definition) is 0. The number of hydrogen-bond acceptors (Lipinski definition) is 2. The third-order valence-electron chi connectivity index (χ3n) is 2.16. The molecule has 1 aromatic carbocycles. The molecule has 0 N–H and O–H groups in total. The van der Waals surface area contributed by atoms with E-state index >= 15 is 0 Å². The summed E-state index contributed by atoms with van der Waals surface area (Å²) < 4.78 is 12.7. The Morgan fingerprint density at radius 3 is 2.31 bits per heavy atom. The Labute approximate surface area is 74.4 Å². The fourth-order valence-corrected chi connectivity index (χ4v) is 1.49. The molecule has 0 aromatic heterocycles. The lowest BCUT2D eigenvalue weighted by molar-refractivity contribution is 0.0890. The van der Waals surface area contributed by atoms with Crippen LogP contribution in [0.5, 0.6) is 0 Å². The number of Topliss-reactive ketones (excluding diaryl/α,β-unsaturated/α-hetero) is 2. The SMILES string of the molecule is O=C1CCC(=O)c2cc(F)ccc21. The van der Waals surface area contributed by atoms with Crippen molar-refractivity contribution in [3.63, 3.8) is 0 Å². The maximum absolute atomic E-state index is 12.7. The van der Waals surface area contributed by atoms with Gasteiger partial charge in [0.1, 0.15) is 5.82 Å². The molecule has 66 valence electrons. The first kappa shape index (κ1) is 8.10. The van der Waals surface area contributed by atoms with Crippen LogP contribution >= 0.6 is 0 Å². The van der Waals surface area contributed by atoms with Gasteiger partial charge in [-0.25, -0.2) is 4.39 Å². The van der Waals surface area contributed by atoms with Gasteiger partial charge in [0.05, 0.1) is 0 Å². The Hall–Kier alpha value is -1.51. The van der Waals surface area contributed by atoms with Gasteiger partial charge in [0.15, 0.2) is 11.6 Å². The standard InChI is InChI=1S/C10H7FO2/c11-6-1-2-7-8(5-6)10(13)4-3-9(7)12/h1-2,5H,3-4H2. The number of rotatable bonds is 0. The first-order valence-electron chi connectivity index (χ1n) is 4.04. The highest BCUT2D eigenvalue weighted by Crippen LogP contribution is 2.21. The van der Waals surface area contributed by atoms with Gasteiger partial charge in [-0.2, -0.15) is 0 Å². The van der Waals surface area contributed by atoms with E-state index in [0.717, 1.165) is 6.07 Å². The molecule has 3 heteroatoms. The second kappa shape index (κ2) is 2.76. The molecule has 0 aliphatic heterocycles. The van der Waals surface area contributed by atoms with Crippen LogP contribution in [-0.2, 0) is 0 Å². The van der Waals surface area contributed by atoms with E-state index in [2.05, 4.69) is 0 Å². The van der Waals surface area contributed by atoms with Crippen molar-refractivity contribution in [2.45, 2.75) is 12.8 Å². The van der Waals surface area contributed by atoms with Crippen LogP contribution in [0.15, 0.2) is 18.2 Å². The number of ketones is 2. The monoisotopic (exact) mass is 178 g/mol. The first-order chi connectivity index (χ1) is 6.18. The third-order valence-corrected chi connectivity index (χ3v) is 2.16. The smallest absolute Gasteiger partial charge is 0.164 e. The van der Waals surface area contributed by atoms with Crippen LogP contribution in [0, 0.1) is 5.82 Å². The van der Waals surface area contributed by atoms with Gasteiger partial charge in [-0.15, -0.1) is 0 Å². The Kier molecular flexibility index (Phi) is 1.72. The van der Waals surface area contributed by atoms with Crippen molar-refractivity contribution >= 4 is 11.6 Å². The molecular formula is C10H7FO2. The highest BCUT2D eigenvalue weighted by Gasteiger charge is 2.23. The molecule has 2 rings (SSSR count). The molecule has 1 aliphatic rings. The van der Waals surface area contributed by atoms with Gasteiger partial charge in [0.25, 0.3) is 0 Å². The lowest BCUT2D eigenvalue weighted by Gasteiger charge is -2.12. The van der Waals surface area contributed by atoms with Crippen LogP contribution in [-0.4, -0.2) is 11.6 Å². The summed E-state index contributed by atoms with van der Waals surface area (Å²) in [7, 11) is 0. The van der Waals surface area contributed by atoms with Crippen molar-refractivity contribution in [1.29, 1.82) is 0 Å². The number of fused-ring (bicyclic) bond motifs is 1. The molecule has 0 amide bonds. The minimum atomic E-state index is -0.471. The van der Waals surface area contributed by atoms with E-state index in [4.69, 9.17) is 0 Å². The van der Waals surface area contributed by atoms with Gasteiger partial charge in [-0.3, -0.25) is 9.59 Å². The summed E-state index contributed by atoms with van der Waals surface area (Å²) in [4.78, 5) is 22.5. The van der Waals surface area contributed by atoms with Crippen molar-refractivity contribution in [1.82, 2.24) is 0 Å². The van der Waals surface area contributed by atoms with E-state index in [1.807, 2.05) is 0 Å². The molecule has 0 atom stereocenters. The normalized spacial score (nSPS) is 15.8. The fourth-order valence-electron chi connectivity index (χ4n) is 1.49. The van der Waals surface area contributed by atoms with Gasteiger partial charge in [0.2, 0.25) is 0 Å². The van der Waals surface area contributed by atoms with Crippen molar-refractivity contribution < 1.29 is 14.0 Å². The summed E-state index contributed by atoms with van der Waals surface area (Å²) in [5.41, 5.74) is 0.592. The quantitative estimate of drug-likeness (QED) is 0.608. The molecule has 0 saturated carbocycles. The fraction of sp³-hybridized carbons (Fsp3) is 0.200. The summed E-state index contributed by atoms with van der Waals surface area (Å²) in [6.07, 6.45) is 0.451. The van der Waals surface area contributed by atoms with Crippen LogP contribution in [0.1, 0.15) is 33.6 Å². The third kappa shape index (κ3) is 1.26. The van der Waals surface area contributed by atoms with E-state index in [9.17, 15) is 14.0 Å². The Balaban J connectivity index is 2.63. The van der Waals surface area contributed by atoms with Crippen LogP contribution in [0.2, 0.25) is 0 Å². The molecule has 2 nitrogen and oxygen atoms in total. The second-order valence-corrected chi connectivity index (χ2v) is 3.04. The lowest BCUT2D eigenvalue weighted by atomic mass is 9.90. The highest BCUT2D eigenvalue weighted by atomic mass is 19.1. The topological polar surface area (TPSA) is 34.1 Å². The van der Waals surface area contributed by atoms with Crippen LogP contribution in [0.4, 0.5) is 4.39 Å². The predicted octanol–water partition coefficient (Wildman–Crippen LogP) is 1.98. The molecule has 0 fully saturated rings. The zero-order valence-corrected chi connectivity index (χ0v) is 6.84. The van der Waals surface area contributed by atoms with Crippen molar-refractivity contribution in [3.8, 4) is 0 Å². The molecule has 0 radical (unpaired) electrons. The van der Waals surface area contributed by atoms with E-state index < -0.39 is 5.82 Å². The second-order valence-electron chi connectivity index (χ2n) is 3.04. The zero-order chi connectivity index (χ0) is 9.42. The van der Waals surface area contributed by atoms with E-state index in [-0.39, 0.29) is 30.0 Å². The molecule has 0 unspecified atom stereocenters. The largest absolute Gasteiger partial charge is 0.294 e. The molecule has 1 aromatic rings. The Morgan fingerprint density at radius 1 is 1.00 bits per heavy atom. The van der Waals surface area contributed by atoms with Gasteiger partial charge in [-0.05, 0) is 18.2 Å². The summed E-state index contributed by atoms with van der Waals surface area (Å²) in [5.74, 6) is -0.689. The summed E-state index contributed by atoms with van der Waals surface area (Å²) in [5, 5.41) is 0. The molecule has 1 aliphatic carbocycles. The summed E-state index contributed by atoms with van der Waals surface area (Å²) in [6.45, 7) is 0. The molecule has 0 saturated heterocycles. The lowest BCUT2D eigenvalue weighted by Crippen LogP contribution is -2.16. The highest BCUT2D eigenvalue weighted by molar-refractivity contribution is 6.13. The number of carbonyl (C=O) groups is 2. The van der Waals surface area contributed by atoms with Gasteiger partial charge < -0.3 is 0 Å². The van der Waals surface area contributed by atoms with E-state index in [1.54, 1.807) is 0 Å². The average molecular weight is 178 g/mol. The number of carbonyl (C=O) groups excluding carboxylic acids is 2. The molecule has 0 heterocycles. The zero-order valence-electron chi connectivity index (χ0n) is 6.84. The molecule has 13 heavy (non-hydrogen) atoms. The van der Waals surface area contributed by atoms with Crippen LogP contribution in [0.25, 0.3) is 0 Å².